The van der Waals surface area contributed by atoms with Crippen LogP contribution in [0.15, 0.2) is 12.2 Å². The fourth-order valence-corrected chi connectivity index (χ4v) is 2.29. The van der Waals surface area contributed by atoms with E-state index < -0.39 is 5.97 Å². The third-order valence-electron chi connectivity index (χ3n) is 3.32. The van der Waals surface area contributed by atoms with Gasteiger partial charge in [0.15, 0.2) is 0 Å². The first kappa shape index (κ1) is 13.2. The lowest BCUT2D eigenvalue weighted by Crippen LogP contribution is -2.36. The van der Waals surface area contributed by atoms with Crippen LogP contribution in [0.3, 0.4) is 0 Å². The summed E-state index contributed by atoms with van der Waals surface area (Å²) in [7, 11) is 0. The highest BCUT2D eigenvalue weighted by atomic mass is 16.4. The minimum atomic E-state index is -0.671. The van der Waals surface area contributed by atoms with Gasteiger partial charge in [-0.15, -0.1) is 0 Å². The van der Waals surface area contributed by atoms with Crippen LogP contribution in [0.25, 0.3) is 0 Å². The number of carboxylic acid groups (broad SMARTS) is 1. The Labute approximate surface area is 98.1 Å². The summed E-state index contributed by atoms with van der Waals surface area (Å²) in [6, 6.07) is 0. The average molecular weight is 225 g/mol. The number of nitrogens with zero attached hydrogens (tertiary/aromatic N) is 1. The zero-order valence-corrected chi connectivity index (χ0v) is 10.2. The van der Waals surface area contributed by atoms with Gasteiger partial charge in [-0.2, -0.15) is 0 Å². The first-order chi connectivity index (χ1) is 7.61. The summed E-state index contributed by atoms with van der Waals surface area (Å²) in [6.45, 7) is 9.34. The van der Waals surface area contributed by atoms with Crippen molar-refractivity contribution in [3.8, 4) is 0 Å². The SMILES string of the molecule is C=C(CC)CN1CCCC(CCC(=O)O)C1. The number of hydrogen-bond acceptors (Lipinski definition) is 2. The van der Waals surface area contributed by atoms with E-state index in [0.29, 0.717) is 12.3 Å². The number of aliphatic carboxylic acids is 1. The largest absolute Gasteiger partial charge is 0.481 e. The molecule has 3 heteroatoms. The predicted molar refractivity (Wildman–Crippen MR) is 65.5 cm³/mol. The number of carboxylic acids is 1. The molecule has 0 aromatic carbocycles. The highest BCUT2D eigenvalue weighted by Crippen LogP contribution is 2.21. The summed E-state index contributed by atoms with van der Waals surface area (Å²) in [5.41, 5.74) is 1.28. The first-order valence-corrected chi connectivity index (χ1v) is 6.22. The van der Waals surface area contributed by atoms with Gasteiger partial charge in [0.25, 0.3) is 0 Å². The molecule has 1 unspecified atom stereocenters. The molecule has 16 heavy (non-hydrogen) atoms. The van der Waals surface area contributed by atoms with E-state index in [0.717, 1.165) is 32.5 Å². The van der Waals surface area contributed by atoms with Crippen LogP contribution in [-0.2, 0) is 4.79 Å². The van der Waals surface area contributed by atoms with Crippen molar-refractivity contribution in [1.82, 2.24) is 4.90 Å². The Morgan fingerprint density at radius 1 is 1.56 bits per heavy atom. The van der Waals surface area contributed by atoms with Gasteiger partial charge in [0.2, 0.25) is 0 Å². The second-order valence-corrected chi connectivity index (χ2v) is 4.78. The topological polar surface area (TPSA) is 40.5 Å². The van der Waals surface area contributed by atoms with Crippen molar-refractivity contribution in [3.05, 3.63) is 12.2 Å². The third kappa shape index (κ3) is 4.79. The minimum absolute atomic E-state index is 0.313. The second-order valence-electron chi connectivity index (χ2n) is 4.78. The summed E-state index contributed by atoms with van der Waals surface area (Å²) >= 11 is 0. The second kappa shape index (κ2) is 6.69. The van der Waals surface area contributed by atoms with Gasteiger partial charge in [0, 0.05) is 19.5 Å². The highest BCUT2D eigenvalue weighted by molar-refractivity contribution is 5.66. The van der Waals surface area contributed by atoms with Gasteiger partial charge in [-0.3, -0.25) is 9.69 Å². The van der Waals surface area contributed by atoms with Gasteiger partial charge in [0.05, 0.1) is 0 Å². The minimum Gasteiger partial charge on any atom is -0.481 e. The van der Waals surface area contributed by atoms with Gasteiger partial charge in [0.1, 0.15) is 0 Å². The molecular weight excluding hydrogens is 202 g/mol. The maximum Gasteiger partial charge on any atom is 0.303 e. The van der Waals surface area contributed by atoms with E-state index in [1.165, 1.54) is 18.4 Å². The standard InChI is InChI=1S/C13H23NO2/c1-3-11(2)9-14-8-4-5-12(10-14)6-7-13(15)16/h12H,2-10H2,1H3,(H,15,16). The van der Waals surface area contributed by atoms with Gasteiger partial charge in [-0.1, -0.05) is 19.1 Å². The molecule has 0 saturated carbocycles. The lowest BCUT2D eigenvalue weighted by Gasteiger charge is -2.32. The van der Waals surface area contributed by atoms with Gasteiger partial charge >= 0.3 is 5.97 Å². The predicted octanol–water partition coefficient (Wildman–Crippen LogP) is 2.53. The molecule has 1 fully saturated rings. The van der Waals surface area contributed by atoms with E-state index in [1.54, 1.807) is 0 Å². The van der Waals surface area contributed by atoms with Crippen LogP contribution in [0.5, 0.6) is 0 Å². The Bertz CT molecular complexity index is 250. The summed E-state index contributed by atoms with van der Waals surface area (Å²) in [5, 5.41) is 8.67. The number of hydrogen-bond donors (Lipinski definition) is 1. The van der Waals surface area contributed by atoms with E-state index in [4.69, 9.17) is 5.11 Å². The van der Waals surface area contributed by atoms with Crippen molar-refractivity contribution in [3.63, 3.8) is 0 Å². The molecule has 0 amide bonds. The van der Waals surface area contributed by atoms with E-state index >= 15 is 0 Å². The zero-order valence-electron chi connectivity index (χ0n) is 10.2. The maximum atomic E-state index is 10.5. The van der Waals surface area contributed by atoms with Crippen molar-refractivity contribution in [2.45, 2.75) is 39.0 Å². The van der Waals surface area contributed by atoms with Crippen molar-refractivity contribution >= 4 is 5.97 Å². The Morgan fingerprint density at radius 2 is 2.31 bits per heavy atom. The monoisotopic (exact) mass is 225 g/mol. The van der Waals surface area contributed by atoms with Crippen LogP contribution in [0.4, 0.5) is 0 Å². The molecule has 1 saturated heterocycles. The Balaban J connectivity index is 2.29. The molecule has 0 radical (unpaired) electrons. The fraction of sp³-hybridized carbons (Fsp3) is 0.769. The average Bonchev–Trinajstić information content (AvgIpc) is 2.26. The molecule has 1 atom stereocenters. The van der Waals surface area contributed by atoms with Crippen LogP contribution >= 0.6 is 0 Å². The van der Waals surface area contributed by atoms with Crippen molar-refractivity contribution < 1.29 is 9.90 Å². The van der Waals surface area contributed by atoms with E-state index in [1.807, 2.05) is 0 Å². The molecule has 0 aromatic rings. The quantitative estimate of drug-likeness (QED) is 0.706. The molecule has 0 aliphatic carbocycles. The van der Waals surface area contributed by atoms with Crippen LogP contribution in [0.2, 0.25) is 0 Å². The maximum absolute atomic E-state index is 10.5. The first-order valence-electron chi connectivity index (χ1n) is 6.22. The third-order valence-corrected chi connectivity index (χ3v) is 3.32. The molecular formula is C13H23NO2. The Morgan fingerprint density at radius 3 is 2.94 bits per heavy atom. The van der Waals surface area contributed by atoms with E-state index in [2.05, 4.69) is 18.4 Å². The van der Waals surface area contributed by atoms with E-state index in [9.17, 15) is 4.79 Å². The summed E-state index contributed by atoms with van der Waals surface area (Å²) in [4.78, 5) is 12.9. The van der Waals surface area contributed by atoms with Gasteiger partial charge in [-0.05, 0) is 38.1 Å². The summed E-state index contributed by atoms with van der Waals surface area (Å²) in [5.74, 6) is -0.107. The molecule has 1 heterocycles. The number of likely N-dealkylation sites (tertiary alicyclic amines) is 1. The molecule has 1 aliphatic heterocycles. The van der Waals surface area contributed by atoms with Gasteiger partial charge < -0.3 is 5.11 Å². The Kier molecular flexibility index (Phi) is 5.53. The molecule has 1 N–H and O–H groups in total. The highest BCUT2D eigenvalue weighted by Gasteiger charge is 2.20. The number of piperidine rings is 1. The normalized spacial score (nSPS) is 21.9. The molecule has 1 aliphatic rings. The van der Waals surface area contributed by atoms with Crippen molar-refractivity contribution in [1.29, 1.82) is 0 Å². The van der Waals surface area contributed by atoms with Crippen LogP contribution in [-0.4, -0.2) is 35.6 Å². The van der Waals surface area contributed by atoms with Crippen LogP contribution in [0.1, 0.15) is 39.0 Å². The molecule has 3 nitrogen and oxygen atoms in total. The fourth-order valence-electron chi connectivity index (χ4n) is 2.29. The molecule has 0 bridgehead atoms. The van der Waals surface area contributed by atoms with Crippen LogP contribution < -0.4 is 0 Å². The summed E-state index contributed by atoms with van der Waals surface area (Å²) in [6.07, 6.45) is 4.55. The molecule has 92 valence electrons. The number of rotatable bonds is 6. The summed E-state index contributed by atoms with van der Waals surface area (Å²) < 4.78 is 0. The lowest BCUT2D eigenvalue weighted by atomic mass is 9.93. The van der Waals surface area contributed by atoms with Crippen LogP contribution in [0, 0.1) is 5.92 Å². The Hall–Kier alpha value is -0.830. The van der Waals surface area contributed by atoms with Crippen molar-refractivity contribution in [2.24, 2.45) is 5.92 Å². The van der Waals surface area contributed by atoms with Gasteiger partial charge in [-0.25, -0.2) is 0 Å². The zero-order chi connectivity index (χ0) is 12.0. The molecule has 0 aromatic heterocycles. The smallest absolute Gasteiger partial charge is 0.303 e. The number of carbonyl (C=O) groups is 1. The van der Waals surface area contributed by atoms with Crippen molar-refractivity contribution in [2.75, 3.05) is 19.6 Å². The molecule has 1 rings (SSSR count). The molecule has 0 spiro atoms. The van der Waals surface area contributed by atoms with E-state index in [-0.39, 0.29) is 0 Å². The lowest BCUT2D eigenvalue weighted by molar-refractivity contribution is -0.137.